The third-order valence-corrected chi connectivity index (χ3v) is 6.87. The van der Waals surface area contributed by atoms with Crippen molar-refractivity contribution in [1.29, 1.82) is 0 Å². The first-order valence-corrected chi connectivity index (χ1v) is 9.92. The Morgan fingerprint density at radius 3 is 3.08 bits per heavy atom. The average Bonchev–Trinajstić information content (AvgIpc) is 2.65. The zero-order chi connectivity index (χ0) is 18.1. The number of likely N-dealkylation sites (N-methyl/N-ethyl adjacent to an activating group) is 1. The van der Waals surface area contributed by atoms with E-state index in [0.717, 1.165) is 12.3 Å². The molecule has 1 aromatic carbocycles. The molecule has 2 fully saturated rings. The highest BCUT2D eigenvalue weighted by Crippen LogP contribution is 2.55. The molecule has 0 spiro atoms. The van der Waals surface area contributed by atoms with E-state index < -0.39 is 6.09 Å². The molecule has 1 aliphatic heterocycles. The predicted molar refractivity (Wildman–Crippen MR) is 101 cm³/mol. The Hall–Kier alpha value is -1.59. The largest absolute Gasteiger partial charge is 0.412 e. The summed E-state index contributed by atoms with van der Waals surface area (Å²) in [5, 5.41) is 2.72. The SMILES string of the molecule is COCCNC(=O)Oc1ccc2c(c1)[C@@]13CCCC[C@H]1[C@@H](C2)N(C)CC3. The second kappa shape index (κ2) is 7.20. The van der Waals surface area contributed by atoms with Crippen LogP contribution in [0.25, 0.3) is 0 Å². The van der Waals surface area contributed by atoms with Gasteiger partial charge in [-0.25, -0.2) is 4.79 Å². The maximum atomic E-state index is 12.0. The van der Waals surface area contributed by atoms with Crippen molar-refractivity contribution in [2.24, 2.45) is 5.92 Å². The van der Waals surface area contributed by atoms with E-state index >= 15 is 0 Å². The number of hydrogen-bond acceptors (Lipinski definition) is 4. The Morgan fingerprint density at radius 2 is 2.23 bits per heavy atom. The molecular weight excluding hydrogens is 328 g/mol. The summed E-state index contributed by atoms with van der Waals surface area (Å²) < 4.78 is 10.5. The minimum absolute atomic E-state index is 0.287. The maximum Gasteiger partial charge on any atom is 0.412 e. The standard InChI is InChI=1S/C21H30N2O3/c1-23-11-9-21-8-4-3-5-17(21)19(23)13-15-6-7-16(14-18(15)21)26-20(24)22-10-12-25-2/h6-7,14,17,19H,3-5,8-13H2,1-2H3,(H,22,24)/t17-,19+,21+/m0/s1. The molecule has 1 aromatic rings. The van der Waals surface area contributed by atoms with E-state index in [2.05, 4.69) is 29.4 Å². The number of amides is 1. The summed E-state index contributed by atoms with van der Waals surface area (Å²) in [6.07, 6.45) is 7.21. The van der Waals surface area contributed by atoms with E-state index in [4.69, 9.17) is 9.47 Å². The Kier molecular flexibility index (Phi) is 4.93. The molecule has 0 aromatic heterocycles. The Bertz CT molecular complexity index is 677. The van der Waals surface area contributed by atoms with Crippen LogP contribution in [0.15, 0.2) is 18.2 Å². The number of benzene rings is 1. The second-order valence-electron chi connectivity index (χ2n) is 8.14. The lowest BCUT2D eigenvalue weighted by Gasteiger charge is -2.58. The number of ether oxygens (including phenoxy) is 2. The highest BCUT2D eigenvalue weighted by atomic mass is 16.6. The number of likely N-dealkylation sites (tertiary alicyclic amines) is 1. The Balaban J connectivity index is 1.60. The van der Waals surface area contributed by atoms with Crippen LogP contribution in [-0.4, -0.2) is 50.9 Å². The van der Waals surface area contributed by atoms with E-state index in [1.807, 2.05) is 6.07 Å². The third-order valence-electron chi connectivity index (χ3n) is 6.87. The van der Waals surface area contributed by atoms with Crippen molar-refractivity contribution in [1.82, 2.24) is 10.2 Å². The number of fused-ring (bicyclic) bond motifs is 1. The van der Waals surface area contributed by atoms with Gasteiger partial charge in [-0.1, -0.05) is 18.9 Å². The predicted octanol–water partition coefficient (Wildman–Crippen LogP) is 3.11. The molecule has 1 saturated heterocycles. The fourth-order valence-electron chi connectivity index (χ4n) is 5.64. The van der Waals surface area contributed by atoms with Crippen LogP contribution in [0.3, 0.4) is 0 Å². The molecule has 2 aliphatic carbocycles. The van der Waals surface area contributed by atoms with Gasteiger partial charge in [0.2, 0.25) is 0 Å². The van der Waals surface area contributed by atoms with Gasteiger partial charge in [-0.15, -0.1) is 0 Å². The van der Waals surface area contributed by atoms with Crippen molar-refractivity contribution >= 4 is 6.09 Å². The summed E-state index contributed by atoms with van der Waals surface area (Å²) in [6, 6.07) is 6.96. The lowest BCUT2D eigenvalue weighted by molar-refractivity contribution is 0.00275. The van der Waals surface area contributed by atoms with E-state index in [-0.39, 0.29) is 5.41 Å². The van der Waals surface area contributed by atoms with Crippen molar-refractivity contribution in [2.75, 3.05) is 33.9 Å². The summed E-state index contributed by atoms with van der Waals surface area (Å²) in [6.45, 7) is 2.11. The Morgan fingerprint density at radius 1 is 1.35 bits per heavy atom. The van der Waals surface area contributed by atoms with Crippen LogP contribution < -0.4 is 10.1 Å². The normalized spacial score (nSPS) is 30.2. The lowest BCUT2D eigenvalue weighted by Crippen LogP contribution is -2.59. The molecule has 26 heavy (non-hydrogen) atoms. The molecule has 0 unspecified atom stereocenters. The second-order valence-corrected chi connectivity index (χ2v) is 8.14. The average molecular weight is 358 g/mol. The summed E-state index contributed by atoms with van der Waals surface area (Å²) in [4.78, 5) is 14.6. The number of piperidine rings is 1. The summed E-state index contributed by atoms with van der Waals surface area (Å²) in [7, 11) is 3.90. The minimum Gasteiger partial charge on any atom is -0.410 e. The number of nitrogens with zero attached hydrogens (tertiary/aromatic N) is 1. The van der Waals surface area contributed by atoms with Crippen molar-refractivity contribution in [3.8, 4) is 5.75 Å². The van der Waals surface area contributed by atoms with Crippen molar-refractivity contribution in [3.63, 3.8) is 0 Å². The molecule has 5 nitrogen and oxygen atoms in total. The molecule has 3 atom stereocenters. The quantitative estimate of drug-likeness (QED) is 0.841. The first-order valence-electron chi connectivity index (χ1n) is 9.92. The number of rotatable bonds is 4. The highest BCUT2D eigenvalue weighted by Gasteiger charge is 2.53. The smallest absolute Gasteiger partial charge is 0.410 e. The maximum absolute atomic E-state index is 12.0. The monoisotopic (exact) mass is 358 g/mol. The fourth-order valence-corrected chi connectivity index (χ4v) is 5.64. The van der Waals surface area contributed by atoms with Crippen molar-refractivity contribution in [3.05, 3.63) is 29.3 Å². The van der Waals surface area contributed by atoms with Gasteiger partial charge in [-0.2, -0.15) is 0 Å². The topological polar surface area (TPSA) is 50.8 Å². The van der Waals surface area contributed by atoms with Crippen LogP contribution >= 0.6 is 0 Å². The van der Waals surface area contributed by atoms with Gasteiger partial charge < -0.3 is 19.7 Å². The molecule has 5 heteroatoms. The molecule has 1 N–H and O–H groups in total. The highest BCUT2D eigenvalue weighted by molar-refractivity contribution is 5.70. The van der Waals surface area contributed by atoms with Gasteiger partial charge in [-0.05, 0) is 68.5 Å². The summed E-state index contributed by atoms with van der Waals surface area (Å²) in [5.41, 5.74) is 3.19. The van der Waals surface area contributed by atoms with E-state index in [0.29, 0.717) is 24.9 Å². The van der Waals surface area contributed by atoms with Gasteiger partial charge in [0, 0.05) is 25.1 Å². The van der Waals surface area contributed by atoms with Crippen LogP contribution in [0, 0.1) is 5.92 Å². The molecule has 142 valence electrons. The fraction of sp³-hybridized carbons (Fsp3) is 0.667. The van der Waals surface area contributed by atoms with Gasteiger partial charge in [-0.3, -0.25) is 0 Å². The zero-order valence-electron chi connectivity index (χ0n) is 15.9. The van der Waals surface area contributed by atoms with Gasteiger partial charge in [0.15, 0.2) is 0 Å². The van der Waals surface area contributed by atoms with Crippen molar-refractivity contribution < 1.29 is 14.3 Å². The number of carbonyl (C=O) groups excluding carboxylic acids is 1. The first-order chi connectivity index (χ1) is 12.6. The van der Waals surface area contributed by atoms with E-state index in [9.17, 15) is 4.79 Å². The zero-order valence-corrected chi connectivity index (χ0v) is 15.9. The van der Waals surface area contributed by atoms with Gasteiger partial charge in [0.1, 0.15) is 5.75 Å². The van der Waals surface area contributed by atoms with Gasteiger partial charge in [0.25, 0.3) is 0 Å². The molecule has 4 rings (SSSR count). The summed E-state index contributed by atoms with van der Waals surface area (Å²) in [5.74, 6) is 1.41. The van der Waals surface area contributed by atoms with E-state index in [1.165, 1.54) is 49.8 Å². The minimum atomic E-state index is -0.406. The van der Waals surface area contributed by atoms with Crippen LogP contribution in [0.5, 0.6) is 5.75 Å². The van der Waals surface area contributed by atoms with Gasteiger partial charge in [0.05, 0.1) is 6.61 Å². The van der Waals surface area contributed by atoms with Crippen LogP contribution in [-0.2, 0) is 16.6 Å². The van der Waals surface area contributed by atoms with E-state index in [1.54, 1.807) is 7.11 Å². The number of methoxy groups -OCH3 is 1. The molecule has 0 radical (unpaired) electrons. The number of carbonyl (C=O) groups is 1. The number of hydrogen-bond donors (Lipinski definition) is 1. The van der Waals surface area contributed by atoms with Crippen molar-refractivity contribution in [2.45, 2.75) is 50.0 Å². The molecular formula is C21H30N2O3. The molecule has 1 saturated carbocycles. The van der Waals surface area contributed by atoms with Crippen LogP contribution in [0.4, 0.5) is 4.79 Å². The summed E-state index contributed by atoms with van der Waals surface area (Å²) >= 11 is 0. The Labute approximate surface area is 156 Å². The molecule has 3 aliphatic rings. The lowest BCUT2D eigenvalue weighted by atomic mass is 9.52. The number of nitrogens with one attached hydrogen (secondary N) is 1. The van der Waals surface area contributed by atoms with Crippen LogP contribution in [0.2, 0.25) is 0 Å². The first kappa shape index (κ1) is 17.8. The van der Waals surface area contributed by atoms with Gasteiger partial charge >= 0.3 is 6.09 Å². The molecule has 1 amide bonds. The van der Waals surface area contributed by atoms with Crippen LogP contribution in [0.1, 0.15) is 43.2 Å². The third kappa shape index (κ3) is 3.01. The molecule has 2 bridgehead atoms. The molecule has 1 heterocycles.